The lowest BCUT2D eigenvalue weighted by molar-refractivity contribution is -0.155. The summed E-state index contributed by atoms with van der Waals surface area (Å²) in [6.45, 7) is 4.71. The van der Waals surface area contributed by atoms with Gasteiger partial charge in [-0.25, -0.2) is 4.98 Å². The first-order valence-electron chi connectivity index (χ1n) is 7.21. The van der Waals surface area contributed by atoms with Gasteiger partial charge in [0.2, 0.25) is 0 Å². The Balaban J connectivity index is 2.31. The van der Waals surface area contributed by atoms with Crippen LogP contribution in [-0.4, -0.2) is 28.3 Å². The summed E-state index contributed by atoms with van der Waals surface area (Å²) >= 11 is 0. The minimum atomic E-state index is -4.27. The van der Waals surface area contributed by atoms with Crippen LogP contribution in [0.1, 0.15) is 26.1 Å². The first-order valence-corrected chi connectivity index (χ1v) is 7.21. The van der Waals surface area contributed by atoms with E-state index in [2.05, 4.69) is 10.3 Å². The van der Waals surface area contributed by atoms with E-state index in [1.54, 1.807) is 0 Å². The molecule has 0 saturated carbocycles. The van der Waals surface area contributed by atoms with Gasteiger partial charge in [-0.05, 0) is 32.0 Å². The highest BCUT2D eigenvalue weighted by molar-refractivity contribution is 5.75. The molecule has 1 aromatic carbocycles. The van der Waals surface area contributed by atoms with Crippen molar-refractivity contribution in [1.82, 2.24) is 14.9 Å². The van der Waals surface area contributed by atoms with Crippen LogP contribution in [0.3, 0.4) is 0 Å². The van der Waals surface area contributed by atoms with Crippen LogP contribution in [0.4, 0.5) is 13.2 Å². The number of benzene rings is 1. The maximum absolute atomic E-state index is 13.1. The van der Waals surface area contributed by atoms with E-state index in [0.717, 1.165) is 11.0 Å². The number of hydrogen-bond acceptors (Lipinski definition) is 2. The van der Waals surface area contributed by atoms with Gasteiger partial charge in [0, 0.05) is 13.0 Å². The Morgan fingerprint density at radius 3 is 2.57 bits per heavy atom. The Labute approximate surface area is 122 Å². The number of aryl methyl sites for hydroxylation is 1. The lowest BCUT2D eigenvalue weighted by Crippen LogP contribution is -2.44. The monoisotopic (exact) mass is 299 g/mol. The molecule has 2 rings (SSSR count). The van der Waals surface area contributed by atoms with Crippen LogP contribution in [0.5, 0.6) is 0 Å². The zero-order chi connectivity index (χ0) is 15.5. The fraction of sp³-hybridized carbons (Fsp3) is 0.533. The van der Waals surface area contributed by atoms with Crippen molar-refractivity contribution in [2.75, 3.05) is 6.54 Å². The molecule has 0 radical (unpaired) electrons. The maximum Gasteiger partial charge on any atom is 0.404 e. The molecule has 2 aromatic rings. The van der Waals surface area contributed by atoms with Gasteiger partial charge < -0.3 is 9.88 Å². The number of hydrogen-bond donors (Lipinski definition) is 1. The van der Waals surface area contributed by atoms with Crippen LogP contribution in [0.15, 0.2) is 24.3 Å². The first kappa shape index (κ1) is 15.8. The zero-order valence-corrected chi connectivity index (χ0v) is 12.2. The number of alkyl halides is 3. The molecule has 1 N–H and O–H groups in total. The van der Waals surface area contributed by atoms with Crippen molar-refractivity contribution < 1.29 is 13.2 Å². The second-order valence-electron chi connectivity index (χ2n) is 5.01. The van der Waals surface area contributed by atoms with Gasteiger partial charge >= 0.3 is 6.18 Å². The smallest absolute Gasteiger partial charge is 0.328 e. The lowest BCUT2D eigenvalue weighted by atomic mass is 10.2. The minimum Gasteiger partial charge on any atom is -0.328 e. The summed E-state index contributed by atoms with van der Waals surface area (Å²) in [4.78, 5) is 4.37. The maximum atomic E-state index is 13.1. The molecule has 1 heterocycles. The fourth-order valence-electron chi connectivity index (χ4n) is 2.44. The molecule has 0 saturated heterocycles. The summed E-state index contributed by atoms with van der Waals surface area (Å²) in [5.41, 5.74) is 1.62. The van der Waals surface area contributed by atoms with Gasteiger partial charge in [-0.15, -0.1) is 0 Å². The molecule has 0 aliphatic carbocycles. The average Bonchev–Trinajstić information content (AvgIpc) is 2.79. The van der Waals surface area contributed by atoms with Crippen LogP contribution in [-0.2, 0) is 13.0 Å². The van der Waals surface area contributed by atoms with E-state index in [-0.39, 0.29) is 6.42 Å². The van der Waals surface area contributed by atoms with Crippen molar-refractivity contribution in [3.63, 3.8) is 0 Å². The Bertz CT molecular complexity index is 589. The highest BCUT2D eigenvalue weighted by Crippen LogP contribution is 2.25. The summed E-state index contributed by atoms with van der Waals surface area (Å²) in [6, 6.07) is 5.87. The number of halogens is 3. The molecular formula is C15H20F3N3. The van der Waals surface area contributed by atoms with Crippen molar-refractivity contribution in [3.05, 3.63) is 30.1 Å². The number of nitrogens with zero attached hydrogens (tertiary/aromatic N) is 2. The van der Waals surface area contributed by atoms with Gasteiger partial charge in [0.1, 0.15) is 11.9 Å². The lowest BCUT2D eigenvalue weighted by Gasteiger charge is -2.21. The van der Waals surface area contributed by atoms with Crippen LogP contribution in [0.2, 0.25) is 0 Å². The van der Waals surface area contributed by atoms with Gasteiger partial charge in [0.25, 0.3) is 0 Å². The molecule has 0 bridgehead atoms. The zero-order valence-electron chi connectivity index (χ0n) is 12.2. The number of nitrogens with one attached hydrogen (secondary N) is 1. The average molecular weight is 299 g/mol. The van der Waals surface area contributed by atoms with Crippen molar-refractivity contribution >= 4 is 11.0 Å². The second-order valence-corrected chi connectivity index (χ2v) is 5.01. The van der Waals surface area contributed by atoms with Crippen LogP contribution in [0, 0.1) is 0 Å². The largest absolute Gasteiger partial charge is 0.404 e. The molecule has 0 fully saturated rings. The van der Waals surface area contributed by atoms with Gasteiger partial charge in [0.15, 0.2) is 0 Å². The fourth-order valence-corrected chi connectivity index (χ4v) is 2.44. The molecule has 1 aromatic heterocycles. The molecule has 3 nitrogen and oxygen atoms in total. The van der Waals surface area contributed by atoms with Gasteiger partial charge in [-0.2, -0.15) is 13.2 Å². The predicted octanol–water partition coefficient (Wildman–Crippen LogP) is 3.53. The Kier molecular flexibility index (Phi) is 4.88. The first-order chi connectivity index (χ1) is 9.97. The van der Waals surface area contributed by atoms with Crippen molar-refractivity contribution in [2.24, 2.45) is 0 Å². The summed E-state index contributed by atoms with van der Waals surface area (Å²) in [6.07, 6.45) is -3.76. The quantitative estimate of drug-likeness (QED) is 0.884. The third kappa shape index (κ3) is 3.56. The van der Waals surface area contributed by atoms with E-state index in [1.165, 1.54) is 0 Å². The molecule has 0 aliphatic heterocycles. The van der Waals surface area contributed by atoms with Gasteiger partial charge in [-0.3, -0.25) is 0 Å². The van der Waals surface area contributed by atoms with Gasteiger partial charge in [0.05, 0.1) is 11.0 Å². The van der Waals surface area contributed by atoms with E-state index in [9.17, 15) is 13.2 Å². The van der Waals surface area contributed by atoms with Gasteiger partial charge in [-0.1, -0.05) is 19.1 Å². The number of imidazole rings is 1. The highest BCUT2D eigenvalue weighted by Gasteiger charge is 2.40. The Morgan fingerprint density at radius 1 is 1.24 bits per heavy atom. The third-order valence-corrected chi connectivity index (χ3v) is 3.47. The molecule has 0 aliphatic rings. The van der Waals surface area contributed by atoms with E-state index in [0.29, 0.717) is 25.3 Å². The molecule has 1 unspecified atom stereocenters. The summed E-state index contributed by atoms with van der Waals surface area (Å²) in [5.74, 6) is 0.477. The molecular weight excluding hydrogens is 279 g/mol. The standard InChI is InChI=1S/C15H20F3N3/c1-3-9-19-13(15(16,17)18)10-14-20-11-7-5-6-8-12(11)21(14)4-2/h5-8,13,19H,3-4,9-10H2,1-2H3. The third-order valence-electron chi connectivity index (χ3n) is 3.47. The van der Waals surface area contributed by atoms with Crippen molar-refractivity contribution in [1.29, 1.82) is 0 Å². The molecule has 21 heavy (non-hydrogen) atoms. The summed E-state index contributed by atoms with van der Waals surface area (Å²) < 4.78 is 41.2. The predicted molar refractivity (Wildman–Crippen MR) is 77.2 cm³/mol. The summed E-state index contributed by atoms with van der Waals surface area (Å²) in [5, 5.41) is 2.58. The van der Waals surface area contributed by atoms with Crippen molar-refractivity contribution in [2.45, 2.75) is 45.5 Å². The second kappa shape index (κ2) is 6.47. The number of fused-ring (bicyclic) bond motifs is 1. The van der Waals surface area contributed by atoms with E-state index in [1.807, 2.05) is 42.7 Å². The molecule has 6 heteroatoms. The van der Waals surface area contributed by atoms with E-state index < -0.39 is 12.2 Å². The molecule has 116 valence electrons. The Hall–Kier alpha value is -1.56. The highest BCUT2D eigenvalue weighted by atomic mass is 19.4. The van der Waals surface area contributed by atoms with E-state index >= 15 is 0 Å². The minimum absolute atomic E-state index is 0.147. The summed E-state index contributed by atoms with van der Waals surface area (Å²) in [7, 11) is 0. The number of aromatic nitrogens is 2. The molecule has 0 spiro atoms. The normalized spacial score (nSPS) is 13.8. The number of para-hydroxylation sites is 2. The SMILES string of the molecule is CCCNC(Cc1nc2ccccc2n1CC)C(F)(F)F. The van der Waals surface area contributed by atoms with E-state index in [4.69, 9.17) is 0 Å². The van der Waals surface area contributed by atoms with Crippen LogP contribution in [0.25, 0.3) is 11.0 Å². The van der Waals surface area contributed by atoms with Crippen LogP contribution >= 0.6 is 0 Å². The van der Waals surface area contributed by atoms with Crippen LogP contribution < -0.4 is 5.32 Å². The number of rotatable bonds is 6. The topological polar surface area (TPSA) is 29.9 Å². The Morgan fingerprint density at radius 2 is 1.95 bits per heavy atom. The molecule has 0 amide bonds. The van der Waals surface area contributed by atoms with Crippen molar-refractivity contribution in [3.8, 4) is 0 Å². The molecule has 1 atom stereocenters.